The van der Waals surface area contributed by atoms with Gasteiger partial charge < -0.3 is 15.2 Å². The van der Waals surface area contributed by atoms with Gasteiger partial charge in [0, 0.05) is 11.5 Å². The lowest BCUT2D eigenvalue weighted by molar-refractivity contribution is 0.171. The number of fused-ring (bicyclic) bond motifs is 1. The van der Waals surface area contributed by atoms with Crippen LogP contribution in [-0.2, 0) is 5.41 Å². The number of benzene rings is 1. The quantitative estimate of drug-likeness (QED) is 0.909. The Morgan fingerprint density at radius 1 is 1.05 bits per heavy atom. The molecule has 1 unspecified atom stereocenters. The van der Waals surface area contributed by atoms with Crippen molar-refractivity contribution >= 4 is 0 Å². The minimum atomic E-state index is 0.162. The van der Waals surface area contributed by atoms with Gasteiger partial charge in [-0.25, -0.2) is 0 Å². The van der Waals surface area contributed by atoms with Crippen LogP contribution in [-0.4, -0.2) is 19.3 Å². The molecule has 0 aromatic heterocycles. The van der Waals surface area contributed by atoms with E-state index in [9.17, 15) is 0 Å². The topological polar surface area (TPSA) is 44.5 Å². The summed E-state index contributed by atoms with van der Waals surface area (Å²) in [5.74, 6) is 2.25. The van der Waals surface area contributed by atoms with Crippen molar-refractivity contribution in [2.75, 3.05) is 13.2 Å². The zero-order chi connectivity index (χ0) is 13.6. The molecule has 0 radical (unpaired) electrons. The van der Waals surface area contributed by atoms with Crippen LogP contribution in [0.25, 0.3) is 0 Å². The molecule has 1 atom stereocenters. The van der Waals surface area contributed by atoms with E-state index in [2.05, 4.69) is 32.9 Å². The molecule has 3 heteroatoms. The van der Waals surface area contributed by atoms with E-state index in [1.165, 1.54) is 24.0 Å². The molecule has 3 rings (SSSR count). The number of hydrogen-bond donors (Lipinski definition) is 1. The molecule has 104 valence electrons. The minimum absolute atomic E-state index is 0.162. The maximum atomic E-state index is 6.24. The van der Waals surface area contributed by atoms with E-state index in [-0.39, 0.29) is 11.5 Å². The molecule has 0 spiro atoms. The lowest BCUT2D eigenvalue weighted by atomic mass is 9.82. The fourth-order valence-electron chi connectivity index (χ4n) is 3.12. The summed E-state index contributed by atoms with van der Waals surface area (Å²) in [5, 5.41) is 0. The Morgan fingerprint density at radius 3 is 2.11 bits per heavy atom. The van der Waals surface area contributed by atoms with E-state index < -0.39 is 0 Å². The van der Waals surface area contributed by atoms with E-state index in [4.69, 9.17) is 15.2 Å². The summed E-state index contributed by atoms with van der Waals surface area (Å²) >= 11 is 0. The van der Waals surface area contributed by atoms with Crippen LogP contribution in [0, 0.1) is 0 Å². The second-order valence-electron chi connectivity index (χ2n) is 6.18. The van der Waals surface area contributed by atoms with Gasteiger partial charge in [0.2, 0.25) is 0 Å². The highest BCUT2D eigenvalue weighted by Gasteiger charge is 2.49. The second-order valence-corrected chi connectivity index (χ2v) is 6.18. The van der Waals surface area contributed by atoms with E-state index in [1.54, 1.807) is 0 Å². The van der Waals surface area contributed by atoms with Crippen molar-refractivity contribution in [3.63, 3.8) is 0 Å². The van der Waals surface area contributed by atoms with E-state index in [0.717, 1.165) is 11.5 Å². The van der Waals surface area contributed by atoms with Crippen molar-refractivity contribution in [1.82, 2.24) is 0 Å². The van der Waals surface area contributed by atoms with Crippen molar-refractivity contribution in [3.05, 3.63) is 23.3 Å². The molecule has 1 aromatic rings. The van der Waals surface area contributed by atoms with Gasteiger partial charge >= 0.3 is 0 Å². The van der Waals surface area contributed by atoms with Gasteiger partial charge in [-0.1, -0.05) is 13.8 Å². The van der Waals surface area contributed by atoms with Crippen molar-refractivity contribution < 1.29 is 9.47 Å². The Balaban J connectivity index is 2.12. The van der Waals surface area contributed by atoms with Crippen molar-refractivity contribution in [1.29, 1.82) is 0 Å². The standard InChI is InChI=1S/C16H23NO2/c1-10(2)12-8-14-15(19-7-6-18-14)9-13(12)16(4-5-16)11(3)17/h8-11H,4-7,17H2,1-3H3. The van der Waals surface area contributed by atoms with Gasteiger partial charge in [0.1, 0.15) is 13.2 Å². The van der Waals surface area contributed by atoms with Gasteiger partial charge in [-0.15, -0.1) is 0 Å². The zero-order valence-corrected chi connectivity index (χ0v) is 12.0. The van der Waals surface area contributed by atoms with Gasteiger partial charge in [0.05, 0.1) is 0 Å². The molecule has 1 heterocycles. The molecular weight excluding hydrogens is 238 g/mol. The van der Waals surface area contributed by atoms with Gasteiger partial charge in [-0.3, -0.25) is 0 Å². The van der Waals surface area contributed by atoms with E-state index in [0.29, 0.717) is 19.1 Å². The molecule has 1 saturated carbocycles. The minimum Gasteiger partial charge on any atom is -0.486 e. The summed E-state index contributed by atoms with van der Waals surface area (Å²) < 4.78 is 11.4. The van der Waals surface area contributed by atoms with E-state index >= 15 is 0 Å². The molecule has 0 saturated heterocycles. The largest absolute Gasteiger partial charge is 0.486 e. The van der Waals surface area contributed by atoms with Crippen LogP contribution in [0.3, 0.4) is 0 Å². The molecule has 1 aliphatic heterocycles. The SMILES string of the molecule is CC(C)c1cc2c(cc1C1(C(C)N)CC1)OCCO2. The van der Waals surface area contributed by atoms with Crippen LogP contribution in [0.4, 0.5) is 0 Å². The Labute approximate surface area is 115 Å². The maximum absolute atomic E-state index is 6.24. The third kappa shape index (κ3) is 2.00. The van der Waals surface area contributed by atoms with Crippen LogP contribution >= 0.6 is 0 Å². The highest BCUT2D eigenvalue weighted by atomic mass is 16.6. The second kappa shape index (κ2) is 4.41. The van der Waals surface area contributed by atoms with Crippen LogP contribution in [0.2, 0.25) is 0 Å². The predicted molar refractivity (Wildman–Crippen MR) is 76.1 cm³/mol. The first-order chi connectivity index (χ1) is 9.04. The molecule has 3 nitrogen and oxygen atoms in total. The number of rotatable bonds is 3. The van der Waals surface area contributed by atoms with Crippen LogP contribution < -0.4 is 15.2 Å². The average molecular weight is 261 g/mol. The van der Waals surface area contributed by atoms with Crippen LogP contribution in [0.15, 0.2) is 12.1 Å². The number of nitrogens with two attached hydrogens (primary N) is 1. The Hall–Kier alpha value is -1.22. The normalized spacial score (nSPS) is 21.3. The third-order valence-electron chi connectivity index (χ3n) is 4.53. The zero-order valence-electron chi connectivity index (χ0n) is 12.0. The van der Waals surface area contributed by atoms with Gasteiger partial charge in [0.25, 0.3) is 0 Å². The molecule has 2 aliphatic rings. The Kier molecular flexibility index (Phi) is 2.97. The molecule has 0 amide bonds. The molecule has 19 heavy (non-hydrogen) atoms. The Bertz CT molecular complexity index is 490. The van der Waals surface area contributed by atoms with Crippen molar-refractivity contribution in [2.24, 2.45) is 5.73 Å². The van der Waals surface area contributed by atoms with Gasteiger partial charge in [0.15, 0.2) is 11.5 Å². The molecule has 0 bridgehead atoms. The summed E-state index contributed by atoms with van der Waals surface area (Å²) in [6.45, 7) is 7.85. The highest BCUT2D eigenvalue weighted by molar-refractivity contribution is 5.53. The average Bonchev–Trinajstić information content (AvgIpc) is 3.18. The molecular formula is C16H23NO2. The first kappa shape index (κ1) is 12.8. The first-order valence-electron chi connectivity index (χ1n) is 7.24. The fourth-order valence-corrected chi connectivity index (χ4v) is 3.12. The Morgan fingerprint density at radius 2 is 1.63 bits per heavy atom. The fraction of sp³-hybridized carbons (Fsp3) is 0.625. The third-order valence-corrected chi connectivity index (χ3v) is 4.53. The summed E-state index contributed by atoms with van der Waals surface area (Å²) in [7, 11) is 0. The lowest BCUT2D eigenvalue weighted by Crippen LogP contribution is -2.32. The van der Waals surface area contributed by atoms with Crippen LogP contribution in [0.5, 0.6) is 11.5 Å². The smallest absolute Gasteiger partial charge is 0.161 e. The number of hydrogen-bond acceptors (Lipinski definition) is 3. The van der Waals surface area contributed by atoms with Gasteiger partial charge in [-0.05, 0) is 48.9 Å². The summed E-state index contributed by atoms with van der Waals surface area (Å²) in [5.41, 5.74) is 9.14. The summed E-state index contributed by atoms with van der Waals surface area (Å²) in [6, 6.07) is 4.53. The highest BCUT2D eigenvalue weighted by Crippen LogP contribution is 2.54. The lowest BCUT2D eigenvalue weighted by Gasteiger charge is -2.28. The summed E-state index contributed by atoms with van der Waals surface area (Å²) in [4.78, 5) is 0. The molecule has 1 aromatic carbocycles. The van der Waals surface area contributed by atoms with Gasteiger partial charge in [-0.2, -0.15) is 0 Å². The molecule has 1 fully saturated rings. The maximum Gasteiger partial charge on any atom is 0.161 e. The molecule has 2 N–H and O–H groups in total. The molecule has 1 aliphatic carbocycles. The monoisotopic (exact) mass is 261 g/mol. The van der Waals surface area contributed by atoms with Crippen LogP contribution in [0.1, 0.15) is 50.7 Å². The first-order valence-corrected chi connectivity index (χ1v) is 7.24. The van der Waals surface area contributed by atoms with E-state index in [1.807, 2.05) is 0 Å². The predicted octanol–water partition coefficient (Wildman–Crippen LogP) is 2.96. The summed E-state index contributed by atoms with van der Waals surface area (Å²) in [6.07, 6.45) is 2.37. The van der Waals surface area contributed by atoms with Crippen molar-refractivity contribution in [3.8, 4) is 11.5 Å². The van der Waals surface area contributed by atoms with Crippen molar-refractivity contribution in [2.45, 2.75) is 51.0 Å². The number of ether oxygens (including phenoxy) is 2.